The van der Waals surface area contributed by atoms with E-state index in [2.05, 4.69) is 28.5 Å². The van der Waals surface area contributed by atoms with Crippen LogP contribution in [0.5, 0.6) is 0 Å². The molecule has 0 radical (unpaired) electrons. The Bertz CT molecular complexity index is 717. The van der Waals surface area contributed by atoms with Crippen molar-refractivity contribution in [3.8, 4) is 5.69 Å². The zero-order valence-electron chi connectivity index (χ0n) is 12.0. The van der Waals surface area contributed by atoms with Crippen molar-refractivity contribution in [1.29, 1.82) is 0 Å². The second-order valence-electron chi connectivity index (χ2n) is 5.16. The van der Waals surface area contributed by atoms with Gasteiger partial charge in [-0.1, -0.05) is 36.5 Å². The Morgan fingerprint density at radius 3 is 2.62 bits per heavy atom. The molecule has 1 aromatic carbocycles. The van der Waals surface area contributed by atoms with Crippen LogP contribution in [0.2, 0.25) is 0 Å². The number of rotatable bonds is 4. The first-order valence-electron chi connectivity index (χ1n) is 6.85. The third-order valence-electron chi connectivity index (χ3n) is 3.36. The Kier molecular flexibility index (Phi) is 3.81. The average Bonchev–Trinajstić information content (AvgIpc) is 3.16. The van der Waals surface area contributed by atoms with Crippen molar-refractivity contribution in [2.75, 3.05) is 0 Å². The quantitative estimate of drug-likeness (QED) is 0.804. The van der Waals surface area contributed by atoms with Crippen molar-refractivity contribution in [2.45, 2.75) is 25.8 Å². The first-order valence-corrected chi connectivity index (χ1v) is 7.63. The summed E-state index contributed by atoms with van der Waals surface area (Å²) in [7, 11) is 0. The highest BCUT2D eigenvalue weighted by molar-refractivity contribution is 7.05. The molecule has 0 bridgehead atoms. The van der Waals surface area contributed by atoms with Crippen LogP contribution in [-0.2, 0) is 0 Å². The Morgan fingerprint density at radius 1 is 1.14 bits per heavy atom. The Hall–Kier alpha value is -2.05. The number of nitrogens with zero attached hydrogens (tertiary/aromatic N) is 4. The lowest BCUT2D eigenvalue weighted by molar-refractivity contribution is 0.721. The van der Waals surface area contributed by atoms with Crippen molar-refractivity contribution < 1.29 is 0 Å². The van der Waals surface area contributed by atoms with Crippen LogP contribution >= 0.6 is 11.5 Å². The summed E-state index contributed by atoms with van der Waals surface area (Å²) in [5.41, 5.74) is 9.35. The van der Waals surface area contributed by atoms with Gasteiger partial charge >= 0.3 is 0 Å². The van der Waals surface area contributed by atoms with Crippen molar-refractivity contribution in [1.82, 2.24) is 19.4 Å². The highest BCUT2D eigenvalue weighted by atomic mass is 32.1. The van der Waals surface area contributed by atoms with Gasteiger partial charge in [0.2, 0.25) is 0 Å². The molecule has 0 amide bonds. The summed E-state index contributed by atoms with van der Waals surface area (Å²) in [6.07, 6.45) is 1.77. The van der Waals surface area contributed by atoms with Crippen molar-refractivity contribution >= 4 is 11.5 Å². The van der Waals surface area contributed by atoms with Gasteiger partial charge in [0.25, 0.3) is 0 Å². The smallest absolute Gasteiger partial charge is 0.0856 e. The van der Waals surface area contributed by atoms with Crippen molar-refractivity contribution in [3.05, 3.63) is 58.9 Å². The van der Waals surface area contributed by atoms with Crippen LogP contribution in [0.3, 0.4) is 0 Å². The standard InChI is InChI=1S/C15H17N5S/c1-10(2)14-15(21-19-18-14)13(16)12-8-9-17-20(12)11-6-4-3-5-7-11/h3-10,13H,16H2,1-2H3. The lowest BCUT2D eigenvalue weighted by Crippen LogP contribution is -2.17. The van der Waals surface area contributed by atoms with Crippen LogP contribution in [0.15, 0.2) is 42.6 Å². The molecule has 0 saturated carbocycles. The molecule has 0 spiro atoms. The Labute approximate surface area is 127 Å². The molecule has 2 N–H and O–H groups in total. The third kappa shape index (κ3) is 2.59. The molecule has 0 saturated heterocycles. The molecule has 5 nitrogen and oxygen atoms in total. The van der Waals surface area contributed by atoms with Crippen LogP contribution in [0.25, 0.3) is 5.69 Å². The zero-order chi connectivity index (χ0) is 14.8. The van der Waals surface area contributed by atoms with Crippen LogP contribution in [0.1, 0.15) is 42.1 Å². The van der Waals surface area contributed by atoms with E-state index in [4.69, 9.17) is 5.73 Å². The fourth-order valence-electron chi connectivity index (χ4n) is 2.29. The Morgan fingerprint density at radius 2 is 1.90 bits per heavy atom. The van der Waals surface area contributed by atoms with Gasteiger partial charge in [0.15, 0.2) is 0 Å². The molecular weight excluding hydrogens is 282 g/mol. The van der Waals surface area contributed by atoms with E-state index in [-0.39, 0.29) is 6.04 Å². The SMILES string of the molecule is CC(C)c1nnsc1C(N)c1ccnn1-c1ccccc1. The maximum atomic E-state index is 6.45. The second-order valence-corrected chi connectivity index (χ2v) is 5.94. The summed E-state index contributed by atoms with van der Waals surface area (Å²) in [6.45, 7) is 4.20. The van der Waals surface area contributed by atoms with E-state index in [1.54, 1.807) is 6.20 Å². The minimum Gasteiger partial charge on any atom is -0.318 e. The van der Waals surface area contributed by atoms with E-state index in [1.165, 1.54) is 11.5 Å². The van der Waals surface area contributed by atoms with E-state index in [1.807, 2.05) is 41.1 Å². The van der Waals surface area contributed by atoms with Gasteiger partial charge in [-0.05, 0) is 35.6 Å². The second kappa shape index (κ2) is 5.75. The highest BCUT2D eigenvalue weighted by Gasteiger charge is 2.22. The summed E-state index contributed by atoms with van der Waals surface area (Å²) in [5.74, 6) is 0.304. The summed E-state index contributed by atoms with van der Waals surface area (Å²) in [5, 5.41) is 8.60. The van der Waals surface area contributed by atoms with Gasteiger partial charge in [-0.15, -0.1) is 5.10 Å². The van der Waals surface area contributed by atoms with E-state index in [9.17, 15) is 0 Å². The maximum Gasteiger partial charge on any atom is 0.0856 e. The normalized spacial score (nSPS) is 12.8. The summed E-state index contributed by atoms with van der Waals surface area (Å²) in [6, 6.07) is 11.7. The first-order chi connectivity index (χ1) is 10.2. The van der Waals surface area contributed by atoms with Gasteiger partial charge in [-0.2, -0.15) is 5.10 Å². The predicted molar refractivity (Wildman–Crippen MR) is 83.6 cm³/mol. The van der Waals surface area contributed by atoms with Crippen LogP contribution in [0.4, 0.5) is 0 Å². The van der Waals surface area contributed by atoms with Crippen LogP contribution < -0.4 is 5.73 Å². The molecule has 2 aromatic heterocycles. The fourth-order valence-corrected chi connectivity index (χ4v) is 3.11. The molecule has 3 rings (SSSR count). The third-order valence-corrected chi connectivity index (χ3v) is 4.18. The molecule has 3 aromatic rings. The molecule has 6 heteroatoms. The minimum absolute atomic E-state index is 0.273. The lowest BCUT2D eigenvalue weighted by atomic mass is 10.0. The number of hydrogen-bond acceptors (Lipinski definition) is 5. The number of para-hydroxylation sites is 1. The highest BCUT2D eigenvalue weighted by Crippen LogP contribution is 2.29. The molecular formula is C15H17N5S. The van der Waals surface area contributed by atoms with Gasteiger partial charge in [0, 0.05) is 6.20 Å². The summed E-state index contributed by atoms with van der Waals surface area (Å²) >= 11 is 1.36. The molecule has 0 fully saturated rings. The molecule has 1 unspecified atom stereocenters. The molecule has 108 valence electrons. The molecule has 1 atom stereocenters. The van der Waals surface area contributed by atoms with Crippen molar-refractivity contribution in [3.63, 3.8) is 0 Å². The predicted octanol–water partition coefficient (Wildman–Crippen LogP) is 2.90. The lowest BCUT2D eigenvalue weighted by Gasteiger charge is -2.14. The maximum absolute atomic E-state index is 6.45. The van der Waals surface area contributed by atoms with Gasteiger partial charge in [-0.25, -0.2) is 4.68 Å². The van der Waals surface area contributed by atoms with Crippen molar-refractivity contribution in [2.24, 2.45) is 5.73 Å². The Balaban J connectivity index is 2.02. The molecule has 21 heavy (non-hydrogen) atoms. The first kappa shape index (κ1) is 13.9. The van der Waals surface area contributed by atoms with Crippen LogP contribution in [0, 0.1) is 0 Å². The van der Waals surface area contributed by atoms with E-state index < -0.39 is 0 Å². The molecule has 0 aliphatic carbocycles. The summed E-state index contributed by atoms with van der Waals surface area (Å²) in [4.78, 5) is 1.00. The molecule has 0 aliphatic rings. The zero-order valence-corrected chi connectivity index (χ0v) is 12.8. The minimum atomic E-state index is -0.273. The monoisotopic (exact) mass is 299 g/mol. The number of hydrogen-bond donors (Lipinski definition) is 1. The largest absolute Gasteiger partial charge is 0.318 e. The van der Waals surface area contributed by atoms with Gasteiger partial charge in [0.1, 0.15) is 0 Å². The van der Waals surface area contributed by atoms with E-state index >= 15 is 0 Å². The van der Waals surface area contributed by atoms with E-state index in [0.29, 0.717) is 5.92 Å². The number of benzene rings is 1. The summed E-state index contributed by atoms with van der Waals surface area (Å²) < 4.78 is 5.93. The van der Waals surface area contributed by atoms with Gasteiger partial charge < -0.3 is 5.73 Å². The molecule has 2 heterocycles. The average molecular weight is 299 g/mol. The number of nitrogens with two attached hydrogens (primary N) is 1. The fraction of sp³-hybridized carbons (Fsp3) is 0.267. The van der Waals surface area contributed by atoms with E-state index in [0.717, 1.165) is 22.0 Å². The van der Waals surface area contributed by atoms with Gasteiger partial charge in [0.05, 0.1) is 28.0 Å². The topological polar surface area (TPSA) is 69.6 Å². The van der Waals surface area contributed by atoms with Gasteiger partial charge in [-0.3, -0.25) is 0 Å². The number of aromatic nitrogens is 4. The van der Waals surface area contributed by atoms with Crippen LogP contribution in [-0.4, -0.2) is 19.4 Å². The molecule has 0 aliphatic heterocycles.